The summed E-state index contributed by atoms with van der Waals surface area (Å²) >= 11 is 3.38. The molecule has 2 aromatic carbocycles. The van der Waals surface area contributed by atoms with Crippen molar-refractivity contribution >= 4 is 33.4 Å². The zero-order valence-electron chi connectivity index (χ0n) is 16.6. The Bertz CT molecular complexity index is 1020. The lowest BCUT2D eigenvalue weighted by molar-refractivity contribution is 0.0724. The highest BCUT2D eigenvalue weighted by Gasteiger charge is 2.18. The van der Waals surface area contributed by atoms with Gasteiger partial charge in [-0.3, -0.25) is 14.3 Å². The first-order valence-electron chi connectivity index (χ1n) is 10.1. The Hall–Kier alpha value is -2.93. The monoisotopic (exact) mass is 466 g/mol. The average molecular weight is 467 g/mol. The van der Waals surface area contributed by atoms with Crippen molar-refractivity contribution in [2.75, 3.05) is 18.4 Å². The van der Waals surface area contributed by atoms with Gasteiger partial charge < -0.3 is 10.2 Å². The van der Waals surface area contributed by atoms with E-state index in [2.05, 4.69) is 26.3 Å². The highest BCUT2D eigenvalue weighted by Crippen LogP contribution is 2.17. The van der Waals surface area contributed by atoms with Crippen LogP contribution in [-0.4, -0.2) is 39.6 Å². The second-order valence-electron chi connectivity index (χ2n) is 7.44. The first-order valence-corrected chi connectivity index (χ1v) is 10.9. The van der Waals surface area contributed by atoms with Crippen molar-refractivity contribution in [3.63, 3.8) is 0 Å². The van der Waals surface area contributed by atoms with Gasteiger partial charge in [0.2, 0.25) is 0 Å². The predicted octanol–water partition coefficient (Wildman–Crippen LogP) is 4.57. The molecule has 0 bridgehead atoms. The van der Waals surface area contributed by atoms with Crippen LogP contribution in [0.25, 0.3) is 0 Å². The number of hydrogen-bond acceptors (Lipinski definition) is 3. The molecule has 1 aliphatic rings. The molecule has 0 spiro atoms. The highest BCUT2D eigenvalue weighted by molar-refractivity contribution is 9.10. The van der Waals surface area contributed by atoms with Gasteiger partial charge in [-0.05, 0) is 77.2 Å². The van der Waals surface area contributed by atoms with Crippen LogP contribution in [0.4, 0.5) is 5.69 Å². The van der Waals surface area contributed by atoms with Crippen molar-refractivity contribution in [3.8, 4) is 0 Å². The van der Waals surface area contributed by atoms with E-state index in [-0.39, 0.29) is 11.8 Å². The molecule has 0 radical (unpaired) electrons. The van der Waals surface area contributed by atoms with Gasteiger partial charge in [-0.25, -0.2) is 0 Å². The molecule has 1 aromatic heterocycles. The summed E-state index contributed by atoms with van der Waals surface area (Å²) in [4.78, 5) is 27.0. The fraction of sp³-hybridized carbons (Fsp3) is 0.261. The molecule has 154 valence electrons. The van der Waals surface area contributed by atoms with Gasteiger partial charge in [-0.1, -0.05) is 12.1 Å². The lowest BCUT2D eigenvalue weighted by atomic mass is 10.1. The number of aromatic nitrogens is 2. The molecule has 1 aliphatic heterocycles. The molecule has 1 fully saturated rings. The van der Waals surface area contributed by atoms with Crippen LogP contribution in [-0.2, 0) is 6.54 Å². The van der Waals surface area contributed by atoms with Gasteiger partial charge in [0.05, 0.1) is 17.2 Å². The van der Waals surface area contributed by atoms with Crippen molar-refractivity contribution in [1.29, 1.82) is 0 Å². The molecule has 1 saturated heterocycles. The first-order chi connectivity index (χ1) is 14.6. The molecule has 30 heavy (non-hydrogen) atoms. The summed E-state index contributed by atoms with van der Waals surface area (Å²) in [6, 6.07) is 14.6. The lowest BCUT2D eigenvalue weighted by Crippen LogP contribution is -2.35. The van der Waals surface area contributed by atoms with Gasteiger partial charge in [-0.15, -0.1) is 0 Å². The zero-order valence-corrected chi connectivity index (χ0v) is 18.1. The Morgan fingerprint density at radius 1 is 0.933 bits per heavy atom. The number of nitrogens with one attached hydrogen (secondary N) is 1. The van der Waals surface area contributed by atoms with Gasteiger partial charge in [-0.2, -0.15) is 5.10 Å². The third kappa shape index (κ3) is 4.97. The van der Waals surface area contributed by atoms with E-state index in [1.165, 1.54) is 6.42 Å². The van der Waals surface area contributed by atoms with Gasteiger partial charge in [0, 0.05) is 36.1 Å². The van der Waals surface area contributed by atoms with E-state index in [9.17, 15) is 9.59 Å². The van der Waals surface area contributed by atoms with Crippen LogP contribution >= 0.6 is 15.9 Å². The van der Waals surface area contributed by atoms with Crippen LogP contribution in [0.15, 0.2) is 65.4 Å². The quantitative estimate of drug-likeness (QED) is 0.598. The molecular weight excluding hydrogens is 444 g/mol. The molecule has 2 heterocycles. The first kappa shape index (κ1) is 20.3. The molecule has 4 rings (SSSR count). The largest absolute Gasteiger partial charge is 0.339 e. The number of likely N-dealkylation sites (tertiary alicyclic amines) is 1. The standard InChI is InChI=1S/C23H23BrN4O2/c24-20-14-25-28(16-20)15-17-4-6-18(7-5-17)22(29)26-21-10-8-19(9-11-21)23(30)27-12-2-1-3-13-27/h4-11,14,16H,1-3,12-13,15H2,(H,26,29). The van der Waals surface area contributed by atoms with Crippen molar-refractivity contribution in [2.24, 2.45) is 0 Å². The Balaban J connectivity index is 1.35. The maximum atomic E-state index is 12.5. The van der Waals surface area contributed by atoms with Gasteiger partial charge >= 0.3 is 0 Å². The van der Waals surface area contributed by atoms with E-state index >= 15 is 0 Å². The van der Waals surface area contributed by atoms with E-state index in [0.29, 0.717) is 23.4 Å². The SMILES string of the molecule is O=C(Nc1ccc(C(=O)N2CCCCC2)cc1)c1ccc(Cn2cc(Br)cn2)cc1. The highest BCUT2D eigenvalue weighted by atomic mass is 79.9. The summed E-state index contributed by atoms with van der Waals surface area (Å²) in [6.45, 7) is 2.29. The number of anilines is 1. The Morgan fingerprint density at radius 3 is 2.23 bits per heavy atom. The van der Waals surface area contributed by atoms with Crippen molar-refractivity contribution in [2.45, 2.75) is 25.8 Å². The number of rotatable bonds is 5. The summed E-state index contributed by atoms with van der Waals surface area (Å²) in [5.74, 6) is -0.120. The van der Waals surface area contributed by atoms with Crippen molar-refractivity contribution in [3.05, 3.63) is 82.1 Å². The topological polar surface area (TPSA) is 67.2 Å². The average Bonchev–Trinajstić information content (AvgIpc) is 3.19. The fourth-order valence-corrected chi connectivity index (χ4v) is 3.88. The second-order valence-corrected chi connectivity index (χ2v) is 8.35. The third-order valence-electron chi connectivity index (χ3n) is 5.20. The number of halogens is 1. The molecule has 6 nitrogen and oxygen atoms in total. The summed E-state index contributed by atoms with van der Waals surface area (Å²) in [7, 11) is 0. The smallest absolute Gasteiger partial charge is 0.255 e. The Labute approximate surface area is 184 Å². The minimum absolute atomic E-state index is 0.0624. The Kier molecular flexibility index (Phi) is 6.28. The number of nitrogens with zero attached hydrogens (tertiary/aromatic N) is 3. The molecule has 2 amide bonds. The van der Waals surface area contributed by atoms with Crippen LogP contribution in [0.1, 0.15) is 45.5 Å². The number of carbonyl (C=O) groups is 2. The summed E-state index contributed by atoms with van der Waals surface area (Å²) in [6.07, 6.45) is 6.97. The summed E-state index contributed by atoms with van der Waals surface area (Å²) < 4.78 is 2.76. The molecule has 0 aliphatic carbocycles. The molecule has 0 saturated carbocycles. The van der Waals surface area contributed by atoms with Crippen LogP contribution in [0.3, 0.4) is 0 Å². The van der Waals surface area contributed by atoms with Gasteiger partial charge in [0.1, 0.15) is 0 Å². The van der Waals surface area contributed by atoms with E-state index in [4.69, 9.17) is 0 Å². The Morgan fingerprint density at radius 2 is 1.60 bits per heavy atom. The normalized spacial score (nSPS) is 13.8. The number of piperidine rings is 1. The van der Waals surface area contributed by atoms with E-state index in [0.717, 1.165) is 36.0 Å². The fourth-order valence-electron chi connectivity index (χ4n) is 3.55. The molecule has 0 unspecified atom stereocenters. The number of benzene rings is 2. The predicted molar refractivity (Wildman–Crippen MR) is 120 cm³/mol. The van der Waals surface area contributed by atoms with Crippen molar-refractivity contribution in [1.82, 2.24) is 14.7 Å². The molecule has 0 atom stereocenters. The third-order valence-corrected chi connectivity index (χ3v) is 5.60. The summed E-state index contributed by atoms with van der Waals surface area (Å²) in [5, 5.41) is 7.13. The van der Waals surface area contributed by atoms with E-state index < -0.39 is 0 Å². The minimum Gasteiger partial charge on any atom is -0.339 e. The minimum atomic E-state index is -0.182. The van der Waals surface area contributed by atoms with Crippen molar-refractivity contribution < 1.29 is 9.59 Å². The van der Waals surface area contributed by atoms with Crippen LogP contribution < -0.4 is 5.32 Å². The number of carbonyl (C=O) groups excluding carboxylic acids is 2. The molecule has 3 aromatic rings. The number of hydrogen-bond donors (Lipinski definition) is 1. The molecular formula is C23H23BrN4O2. The van der Waals surface area contributed by atoms with Crippen LogP contribution in [0, 0.1) is 0 Å². The molecule has 1 N–H and O–H groups in total. The van der Waals surface area contributed by atoms with E-state index in [1.807, 2.05) is 27.9 Å². The maximum Gasteiger partial charge on any atom is 0.255 e. The van der Waals surface area contributed by atoms with E-state index in [1.54, 1.807) is 42.6 Å². The maximum absolute atomic E-state index is 12.5. The van der Waals surface area contributed by atoms with Crippen LogP contribution in [0.5, 0.6) is 0 Å². The van der Waals surface area contributed by atoms with Gasteiger partial charge in [0.15, 0.2) is 0 Å². The lowest BCUT2D eigenvalue weighted by Gasteiger charge is -2.26. The zero-order chi connectivity index (χ0) is 20.9. The van der Waals surface area contributed by atoms with Gasteiger partial charge in [0.25, 0.3) is 11.8 Å². The second kappa shape index (κ2) is 9.26. The summed E-state index contributed by atoms with van der Waals surface area (Å²) in [5.41, 5.74) is 2.96. The molecule has 7 heteroatoms. The number of amides is 2. The van der Waals surface area contributed by atoms with Crippen LogP contribution in [0.2, 0.25) is 0 Å².